The van der Waals surface area contributed by atoms with Gasteiger partial charge in [-0.1, -0.05) is 42.5 Å². The first-order chi connectivity index (χ1) is 18.9. The summed E-state index contributed by atoms with van der Waals surface area (Å²) in [4.78, 5) is 36.1. The number of carbonyl (C=O) groups excluding carboxylic acids is 2. The molecule has 200 valence electrons. The van der Waals surface area contributed by atoms with Crippen LogP contribution in [0.25, 0.3) is 10.9 Å². The Hall–Kier alpha value is -3.60. The molecule has 1 saturated heterocycles. The number of hydrogen-bond acceptors (Lipinski definition) is 6. The number of ether oxygens (including phenoxy) is 2. The summed E-state index contributed by atoms with van der Waals surface area (Å²) in [6.07, 6.45) is 3.14. The number of aromatic nitrogens is 2. The highest BCUT2D eigenvalue weighted by molar-refractivity contribution is 14.1. The molecule has 1 aliphatic heterocycles. The fourth-order valence-electron chi connectivity index (χ4n) is 4.60. The highest BCUT2D eigenvalue weighted by Crippen LogP contribution is 2.33. The lowest BCUT2D eigenvalue weighted by molar-refractivity contribution is -0.130. The van der Waals surface area contributed by atoms with Gasteiger partial charge < -0.3 is 14.4 Å². The molecule has 0 N–H and O–H groups in total. The zero-order valence-electron chi connectivity index (χ0n) is 21.4. The Balaban J connectivity index is 1.45. The lowest BCUT2D eigenvalue weighted by Crippen LogP contribution is -2.40. The van der Waals surface area contributed by atoms with Crippen LogP contribution < -0.4 is 4.74 Å². The summed E-state index contributed by atoms with van der Waals surface area (Å²) in [6, 6.07) is 18.0. The number of fused-ring (bicyclic) bond motifs is 1. The predicted molar refractivity (Wildman–Crippen MR) is 153 cm³/mol. The maximum absolute atomic E-state index is 13.4. The van der Waals surface area contributed by atoms with Crippen LogP contribution in [0.3, 0.4) is 0 Å². The van der Waals surface area contributed by atoms with Gasteiger partial charge in [-0.25, -0.2) is 14.2 Å². The average Bonchev–Trinajstić information content (AvgIpc) is 2.94. The third-order valence-corrected chi connectivity index (χ3v) is 7.53. The second-order valence-corrected chi connectivity index (χ2v) is 10.5. The molecule has 0 spiro atoms. The highest BCUT2D eigenvalue weighted by Gasteiger charge is 2.28. The summed E-state index contributed by atoms with van der Waals surface area (Å²) in [5.41, 5.74) is 3.42. The second-order valence-electron chi connectivity index (χ2n) is 9.51. The van der Waals surface area contributed by atoms with Crippen molar-refractivity contribution in [2.45, 2.75) is 38.9 Å². The quantitative estimate of drug-likeness (QED) is 0.147. The zero-order valence-corrected chi connectivity index (χ0v) is 23.6. The van der Waals surface area contributed by atoms with Crippen LogP contribution in [0.15, 0.2) is 66.9 Å². The molecule has 2 aromatic carbocycles. The maximum atomic E-state index is 13.4. The first kappa shape index (κ1) is 27.0. The molecule has 4 aromatic rings. The predicted octanol–water partition coefficient (Wildman–Crippen LogP) is 5.71. The van der Waals surface area contributed by atoms with E-state index in [0.29, 0.717) is 41.6 Å². The number of halogens is 2. The Kier molecular flexibility index (Phi) is 8.35. The van der Waals surface area contributed by atoms with E-state index in [2.05, 4.69) is 27.6 Å². The number of amides is 1. The molecule has 0 radical (unpaired) electrons. The van der Waals surface area contributed by atoms with Crippen LogP contribution in [-0.2, 0) is 22.6 Å². The Morgan fingerprint density at radius 2 is 1.74 bits per heavy atom. The lowest BCUT2D eigenvalue weighted by atomic mass is 10.0. The molecule has 2 aromatic heterocycles. The van der Waals surface area contributed by atoms with Gasteiger partial charge >= 0.3 is 5.97 Å². The first-order valence-corrected chi connectivity index (χ1v) is 13.8. The summed E-state index contributed by atoms with van der Waals surface area (Å²) < 4.78 is 26.0. The SMILES string of the molecule is CC(=O)N1CCC(OC(=O)c2nc(I)c3cc(Cc4ccc(F)cc4)cnc3c2OCc2ccccc2)CC1. The number of piperidine rings is 1. The number of likely N-dealkylation sites (tertiary alicyclic amines) is 1. The van der Waals surface area contributed by atoms with Crippen LogP contribution in [-0.4, -0.2) is 45.9 Å². The number of esters is 1. The fourth-order valence-corrected chi connectivity index (χ4v) is 5.26. The van der Waals surface area contributed by atoms with Crippen molar-refractivity contribution in [2.24, 2.45) is 0 Å². The van der Waals surface area contributed by atoms with Crippen LogP contribution >= 0.6 is 22.6 Å². The van der Waals surface area contributed by atoms with Crippen molar-refractivity contribution in [2.75, 3.05) is 13.1 Å². The molecule has 7 nitrogen and oxygen atoms in total. The Labute approximate surface area is 239 Å². The van der Waals surface area contributed by atoms with Gasteiger partial charge in [-0.3, -0.25) is 9.78 Å². The van der Waals surface area contributed by atoms with Gasteiger partial charge in [0.1, 0.15) is 27.7 Å². The van der Waals surface area contributed by atoms with Crippen LogP contribution in [0.4, 0.5) is 4.39 Å². The third kappa shape index (κ3) is 6.52. The number of benzene rings is 2. The molecule has 1 aliphatic rings. The third-order valence-electron chi connectivity index (χ3n) is 6.71. The summed E-state index contributed by atoms with van der Waals surface area (Å²) in [7, 11) is 0. The zero-order chi connectivity index (χ0) is 27.4. The summed E-state index contributed by atoms with van der Waals surface area (Å²) in [5.74, 6) is -0.560. The maximum Gasteiger partial charge on any atom is 0.361 e. The molecule has 0 unspecified atom stereocenters. The number of rotatable bonds is 7. The van der Waals surface area contributed by atoms with Gasteiger partial charge in [0.15, 0.2) is 11.4 Å². The first-order valence-electron chi connectivity index (χ1n) is 12.7. The van der Waals surface area contributed by atoms with Gasteiger partial charge in [-0.05, 0) is 63.9 Å². The van der Waals surface area contributed by atoms with E-state index in [-0.39, 0.29) is 35.9 Å². The monoisotopic (exact) mass is 639 g/mol. The smallest absolute Gasteiger partial charge is 0.361 e. The summed E-state index contributed by atoms with van der Waals surface area (Å²) in [5, 5.41) is 0.754. The largest absolute Gasteiger partial charge is 0.484 e. The van der Waals surface area contributed by atoms with Gasteiger partial charge in [0.2, 0.25) is 5.91 Å². The van der Waals surface area contributed by atoms with Crippen molar-refractivity contribution in [1.82, 2.24) is 14.9 Å². The van der Waals surface area contributed by atoms with Gasteiger partial charge in [0, 0.05) is 44.4 Å². The van der Waals surface area contributed by atoms with E-state index in [0.717, 1.165) is 22.1 Å². The molecular formula is C30H27FIN3O4. The molecule has 0 bridgehead atoms. The van der Waals surface area contributed by atoms with Crippen LogP contribution in [0.2, 0.25) is 0 Å². The molecule has 9 heteroatoms. The fraction of sp³-hybridized carbons (Fsp3) is 0.267. The van der Waals surface area contributed by atoms with Gasteiger partial charge in [-0.15, -0.1) is 0 Å². The van der Waals surface area contributed by atoms with Gasteiger partial charge in [0.25, 0.3) is 0 Å². The average molecular weight is 639 g/mol. The number of pyridine rings is 2. The van der Waals surface area contributed by atoms with E-state index in [1.807, 2.05) is 36.4 Å². The Bertz CT molecular complexity index is 1490. The van der Waals surface area contributed by atoms with Gasteiger partial charge in [-0.2, -0.15) is 0 Å². The molecule has 0 aliphatic carbocycles. The second kappa shape index (κ2) is 12.1. The van der Waals surface area contributed by atoms with E-state index in [1.165, 1.54) is 12.1 Å². The molecule has 1 fully saturated rings. The minimum Gasteiger partial charge on any atom is -0.484 e. The number of carbonyl (C=O) groups is 2. The van der Waals surface area contributed by atoms with E-state index >= 15 is 0 Å². The van der Waals surface area contributed by atoms with Crippen LogP contribution in [0.1, 0.15) is 46.9 Å². The van der Waals surface area contributed by atoms with E-state index in [9.17, 15) is 14.0 Å². The normalized spacial score (nSPS) is 13.9. The molecule has 1 amide bonds. The van der Waals surface area contributed by atoms with Crippen LogP contribution in [0.5, 0.6) is 5.75 Å². The van der Waals surface area contributed by atoms with Crippen molar-refractivity contribution in [3.05, 3.63) is 98.8 Å². The summed E-state index contributed by atoms with van der Waals surface area (Å²) in [6.45, 7) is 2.87. The molecule has 0 saturated carbocycles. The van der Waals surface area contributed by atoms with Crippen molar-refractivity contribution in [3.8, 4) is 5.75 Å². The minimum atomic E-state index is -0.573. The van der Waals surface area contributed by atoms with Gasteiger partial charge in [0.05, 0.1) is 0 Å². The van der Waals surface area contributed by atoms with Crippen molar-refractivity contribution < 1.29 is 23.5 Å². The Morgan fingerprint density at radius 1 is 1.03 bits per heavy atom. The number of hydrogen-bond donors (Lipinski definition) is 0. The highest BCUT2D eigenvalue weighted by atomic mass is 127. The topological polar surface area (TPSA) is 81.6 Å². The Morgan fingerprint density at radius 3 is 2.44 bits per heavy atom. The minimum absolute atomic E-state index is 0.0204. The van der Waals surface area contributed by atoms with E-state index in [4.69, 9.17) is 14.5 Å². The molecule has 5 rings (SSSR count). The van der Waals surface area contributed by atoms with E-state index < -0.39 is 5.97 Å². The molecule has 0 atom stereocenters. The molecule has 39 heavy (non-hydrogen) atoms. The summed E-state index contributed by atoms with van der Waals surface area (Å²) >= 11 is 2.10. The standard InChI is InChI=1S/C30H27FIN3O4/c1-19(36)35-13-11-24(12-14-35)39-30(37)27-28(38-18-21-5-3-2-4-6-21)26-25(29(32)34-27)16-22(17-33-26)15-20-7-9-23(31)10-8-20/h2-10,16-17,24H,11-15,18H2,1H3. The molecular weight excluding hydrogens is 612 g/mol. The lowest BCUT2D eigenvalue weighted by Gasteiger charge is -2.30. The molecule has 3 heterocycles. The van der Waals surface area contributed by atoms with Crippen molar-refractivity contribution in [1.29, 1.82) is 0 Å². The van der Waals surface area contributed by atoms with Crippen LogP contribution in [0, 0.1) is 9.52 Å². The van der Waals surface area contributed by atoms with Crippen molar-refractivity contribution in [3.63, 3.8) is 0 Å². The van der Waals surface area contributed by atoms with E-state index in [1.54, 1.807) is 30.2 Å². The van der Waals surface area contributed by atoms with Crippen molar-refractivity contribution >= 4 is 45.4 Å². The number of nitrogens with zero attached hydrogens (tertiary/aromatic N) is 3.